The van der Waals surface area contributed by atoms with Crippen molar-refractivity contribution in [3.8, 4) is 6.07 Å². The summed E-state index contributed by atoms with van der Waals surface area (Å²) in [6.07, 6.45) is 0. The summed E-state index contributed by atoms with van der Waals surface area (Å²) in [7, 11) is 1.56. The molecule has 5 heteroatoms. The second-order valence-electron chi connectivity index (χ2n) is 3.47. The fraction of sp³-hybridized carbons (Fsp3) is 0.333. The molecule has 0 spiro atoms. The molecular weight excluding hydrogens is 220 g/mol. The number of nitrogens with zero attached hydrogens (tertiary/aromatic N) is 2. The molecule has 0 aliphatic heterocycles. The Labute approximate surface area is 99.8 Å². The van der Waals surface area contributed by atoms with Crippen LogP contribution in [-0.2, 0) is 9.53 Å². The van der Waals surface area contributed by atoms with Crippen molar-refractivity contribution < 1.29 is 14.6 Å². The van der Waals surface area contributed by atoms with Crippen LogP contribution in [-0.4, -0.2) is 37.9 Å². The van der Waals surface area contributed by atoms with Crippen LogP contribution in [0.1, 0.15) is 5.56 Å². The van der Waals surface area contributed by atoms with Gasteiger partial charge in [-0.1, -0.05) is 6.07 Å². The molecule has 90 valence electrons. The largest absolute Gasteiger partial charge is 0.480 e. The zero-order valence-electron chi connectivity index (χ0n) is 9.59. The van der Waals surface area contributed by atoms with Gasteiger partial charge in [0.05, 0.1) is 18.2 Å². The lowest BCUT2D eigenvalue weighted by Crippen LogP contribution is -2.32. The molecule has 0 unspecified atom stereocenters. The maximum Gasteiger partial charge on any atom is 0.323 e. The molecule has 0 aromatic heterocycles. The first-order valence-corrected chi connectivity index (χ1v) is 5.13. The number of anilines is 1. The Morgan fingerprint density at radius 3 is 2.94 bits per heavy atom. The number of rotatable bonds is 6. The summed E-state index contributed by atoms with van der Waals surface area (Å²) in [6, 6.07) is 8.88. The Bertz CT molecular complexity index is 426. The van der Waals surface area contributed by atoms with E-state index in [1.807, 2.05) is 6.07 Å². The third-order valence-electron chi connectivity index (χ3n) is 2.23. The molecule has 1 aromatic carbocycles. The van der Waals surface area contributed by atoms with E-state index >= 15 is 0 Å². The summed E-state index contributed by atoms with van der Waals surface area (Å²) in [5.74, 6) is -0.913. The van der Waals surface area contributed by atoms with Gasteiger partial charge in [0.2, 0.25) is 0 Å². The molecule has 1 N–H and O–H groups in total. The molecule has 0 aliphatic carbocycles. The monoisotopic (exact) mass is 234 g/mol. The number of hydrogen-bond donors (Lipinski definition) is 1. The van der Waals surface area contributed by atoms with Gasteiger partial charge in [0, 0.05) is 19.3 Å². The lowest BCUT2D eigenvalue weighted by molar-refractivity contribution is -0.135. The molecule has 0 aliphatic rings. The van der Waals surface area contributed by atoms with Gasteiger partial charge in [-0.3, -0.25) is 4.79 Å². The number of aliphatic carboxylic acids is 1. The summed E-state index contributed by atoms with van der Waals surface area (Å²) < 4.78 is 4.93. The Kier molecular flexibility index (Phi) is 4.98. The van der Waals surface area contributed by atoms with Crippen molar-refractivity contribution in [3.63, 3.8) is 0 Å². The van der Waals surface area contributed by atoms with E-state index < -0.39 is 5.97 Å². The summed E-state index contributed by atoms with van der Waals surface area (Å²) in [5.41, 5.74) is 1.22. The van der Waals surface area contributed by atoms with Gasteiger partial charge < -0.3 is 14.7 Å². The van der Waals surface area contributed by atoms with Gasteiger partial charge in [0.25, 0.3) is 0 Å². The lowest BCUT2D eigenvalue weighted by atomic mass is 10.2. The Morgan fingerprint density at radius 1 is 1.59 bits per heavy atom. The average molecular weight is 234 g/mol. The number of hydrogen-bond acceptors (Lipinski definition) is 4. The van der Waals surface area contributed by atoms with Crippen LogP contribution in [0.15, 0.2) is 24.3 Å². The van der Waals surface area contributed by atoms with Crippen molar-refractivity contribution in [3.05, 3.63) is 29.8 Å². The van der Waals surface area contributed by atoms with Crippen LogP contribution >= 0.6 is 0 Å². The van der Waals surface area contributed by atoms with E-state index in [4.69, 9.17) is 15.1 Å². The number of carboxylic acids is 1. The molecule has 0 heterocycles. The molecule has 0 amide bonds. The highest BCUT2D eigenvalue weighted by atomic mass is 16.5. The SMILES string of the molecule is COCCN(CC(=O)O)c1cccc(C#N)c1. The van der Waals surface area contributed by atoms with Gasteiger partial charge in [-0.2, -0.15) is 5.26 Å². The number of carboxylic acid groups (broad SMARTS) is 1. The first kappa shape index (κ1) is 13.0. The van der Waals surface area contributed by atoms with Crippen LogP contribution in [0, 0.1) is 11.3 Å². The van der Waals surface area contributed by atoms with Gasteiger partial charge >= 0.3 is 5.97 Å². The molecule has 0 fully saturated rings. The van der Waals surface area contributed by atoms with Crippen molar-refractivity contribution in [2.24, 2.45) is 0 Å². The maximum atomic E-state index is 10.8. The quantitative estimate of drug-likeness (QED) is 0.797. The van der Waals surface area contributed by atoms with Gasteiger partial charge in [0.1, 0.15) is 6.54 Å². The van der Waals surface area contributed by atoms with E-state index in [1.54, 1.807) is 36.3 Å². The van der Waals surface area contributed by atoms with Crippen molar-refractivity contribution in [1.82, 2.24) is 0 Å². The predicted octanol–water partition coefficient (Wildman–Crippen LogP) is 1.10. The molecular formula is C12H14N2O3. The predicted molar refractivity (Wildman–Crippen MR) is 62.9 cm³/mol. The zero-order valence-corrected chi connectivity index (χ0v) is 9.59. The first-order chi connectivity index (χ1) is 8.17. The number of carbonyl (C=O) groups is 1. The summed E-state index contributed by atoms with van der Waals surface area (Å²) in [4.78, 5) is 12.4. The van der Waals surface area contributed by atoms with Crippen LogP contribution in [0.2, 0.25) is 0 Å². The van der Waals surface area contributed by atoms with Crippen LogP contribution in [0.4, 0.5) is 5.69 Å². The van der Waals surface area contributed by atoms with Crippen molar-refractivity contribution in [2.75, 3.05) is 31.7 Å². The Balaban J connectivity index is 2.87. The highest BCUT2D eigenvalue weighted by Crippen LogP contribution is 2.15. The molecule has 0 atom stereocenters. The Morgan fingerprint density at radius 2 is 2.35 bits per heavy atom. The van der Waals surface area contributed by atoms with Crippen LogP contribution < -0.4 is 4.90 Å². The third kappa shape index (κ3) is 4.13. The molecule has 0 saturated carbocycles. The summed E-state index contributed by atoms with van der Waals surface area (Å²) >= 11 is 0. The molecule has 0 bridgehead atoms. The standard InChI is InChI=1S/C12H14N2O3/c1-17-6-5-14(9-12(15)16)11-4-2-3-10(7-11)8-13/h2-4,7H,5-6,9H2,1H3,(H,15,16). The molecule has 0 radical (unpaired) electrons. The zero-order chi connectivity index (χ0) is 12.7. The van der Waals surface area contributed by atoms with E-state index in [-0.39, 0.29) is 6.54 Å². The van der Waals surface area contributed by atoms with E-state index in [0.717, 1.165) is 0 Å². The minimum atomic E-state index is -0.913. The minimum Gasteiger partial charge on any atom is -0.480 e. The fourth-order valence-corrected chi connectivity index (χ4v) is 1.44. The van der Waals surface area contributed by atoms with Crippen molar-refractivity contribution >= 4 is 11.7 Å². The number of methoxy groups -OCH3 is 1. The summed E-state index contributed by atoms with van der Waals surface area (Å²) in [5, 5.41) is 17.6. The highest BCUT2D eigenvalue weighted by Gasteiger charge is 2.10. The van der Waals surface area contributed by atoms with Gasteiger partial charge in [-0.25, -0.2) is 0 Å². The second-order valence-corrected chi connectivity index (χ2v) is 3.47. The topological polar surface area (TPSA) is 73.6 Å². The highest BCUT2D eigenvalue weighted by molar-refractivity contribution is 5.74. The molecule has 17 heavy (non-hydrogen) atoms. The molecule has 5 nitrogen and oxygen atoms in total. The molecule has 1 rings (SSSR count). The van der Waals surface area contributed by atoms with Crippen LogP contribution in [0.3, 0.4) is 0 Å². The number of ether oxygens (including phenoxy) is 1. The van der Waals surface area contributed by atoms with E-state index in [2.05, 4.69) is 0 Å². The summed E-state index contributed by atoms with van der Waals surface area (Å²) in [6.45, 7) is 0.792. The van der Waals surface area contributed by atoms with Crippen molar-refractivity contribution in [2.45, 2.75) is 0 Å². The molecule has 1 aromatic rings. The van der Waals surface area contributed by atoms with E-state index in [1.165, 1.54) is 0 Å². The first-order valence-electron chi connectivity index (χ1n) is 5.13. The molecule has 0 saturated heterocycles. The van der Waals surface area contributed by atoms with Gasteiger partial charge in [0.15, 0.2) is 0 Å². The minimum absolute atomic E-state index is 0.113. The van der Waals surface area contributed by atoms with E-state index in [9.17, 15) is 4.79 Å². The smallest absolute Gasteiger partial charge is 0.323 e. The Hall–Kier alpha value is -2.06. The second kappa shape index (κ2) is 6.51. The lowest BCUT2D eigenvalue weighted by Gasteiger charge is -2.22. The maximum absolute atomic E-state index is 10.8. The van der Waals surface area contributed by atoms with E-state index in [0.29, 0.717) is 24.4 Å². The fourth-order valence-electron chi connectivity index (χ4n) is 1.44. The normalized spacial score (nSPS) is 9.65. The van der Waals surface area contributed by atoms with Gasteiger partial charge in [-0.05, 0) is 18.2 Å². The number of benzene rings is 1. The van der Waals surface area contributed by atoms with Crippen LogP contribution in [0.5, 0.6) is 0 Å². The third-order valence-corrected chi connectivity index (χ3v) is 2.23. The van der Waals surface area contributed by atoms with Crippen LogP contribution in [0.25, 0.3) is 0 Å². The number of nitriles is 1. The average Bonchev–Trinajstić information content (AvgIpc) is 2.34. The van der Waals surface area contributed by atoms with Gasteiger partial charge in [-0.15, -0.1) is 0 Å². The van der Waals surface area contributed by atoms with Crippen molar-refractivity contribution in [1.29, 1.82) is 5.26 Å².